The fraction of sp³-hybridized carbons (Fsp3) is 0.615. The summed E-state index contributed by atoms with van der Waals surface area (Å²) >= 11 is 6.93. The van der Waals surface area contributed by atoms with Crippen LogP contribution in [0.25, 0.3) is 0 Å². The van der Waals surface area contributed by atoms with E-state index in [1.54, 1.807) is 7.11 Å². The Bertz CT molecular complexity index is 424. The molecule has 0 radical (unpaired) electrons. The molecule has 1 aliphatic heterocycles. The van der Waals surface area contributed by atoms with Crippen molar-refractivity contribution < 1.29 is 9.53 Å². The second-order valence-electron chi connectivity index (χ2n) is 4.58. The number of amides is 1. The highest BCUT2D eigenvalue weighted by Gasteiger charge is 2.28. The van der Waals surface area contributed by atoms with E-state index in [2.05, 4.69) is 15.9 Å². The first kappa shape index (κ1) is 15.4. The van der Waals surface area contributed by atoms with Crippen LogP contribution < -0.4 is 0 Å². The maximum Gasteiger partial charge on any atom is 0.264 e. The van der Waals surface area contributed by atoms with Gasteiger partial charge in [0, 0.05) is 25.4 Å². The molecule has 2 heterocycles. The topological polar surface area (TPSA) is 29.5 Å². The summed E-state index contributed by atoms with van der Waals surface area (Å²) in [5, 5.41) is 0. The van der Waals surface area contributed by atoms with E-state index in [-0.39, 0.29) is 5.91 Å². The third-order valence-corrected chi connectivity index (χ3v) is 6.48. The number of thioether (sulfide) groups is 1. The predicted molar refractivity (Wildman–Crippen MR) is 85.4 cm³/mol. The number of halogens is 1. The number of rotatable bonds is 5. The molecule has 2 rings (SSSR count). The van der Waals surface area contributed by atoms with Gasteiger partial charge < -0.3 is 9.64 Å². The fourth-order valence-corrected chi connectivity index (χ4v) is 4.83. The first-order valence-corrected chi connectivity index (χ1v) is 9.03. The molecule has 1 fully saturated rings. The summed E-state index contributed by atoms with van der Waals surface area (Å²) in [6.07, 6.45) is 1.09. The number of carbonyl (C=O) groups is 1. The van der Waals surface area contributed by atoms with Gasteiger partial charge in [-0.1, -0.05) is 0 Å². The number of methoxy groups -OCH3 is 1. The van der Waals surface area contributed by atoms with Crippen LogP contribution in [0.1, 0.15) is 21.7 Å². The molecule has 19 heavy (non-hydrogen) atoms. The molecule has 1 saturated heterocycles. The van der Waals surface area contributed by atoms with Crippen molar-refractivity contribution >= 4 is 44.9 Å². The molecule has 0 bridgehead atoms. The lowest BCUT2D eigenvalue weighted by molar-refractivity contribution is 0.0629. The molecule has 1 aromatic heterocycles. The van der Waals surface area contributed by atoms with E-state index in [0.29, 0.717) is 19.2 Å². The van der Waals surface area contributed by atoms with Crippen molar-refractivity contribution in [3.63, 3.8) is 0 Å². The summed E-state index contributed by atoms with van der Waals surface area (Å²) in [5.41, 5.74) is 1.13. The molecule has 0 N–H and O–H groups in total. The monoisotopic (exact) mass is 363 g/mol. The molecule has 1 amide bonds. The first-order valence-electron chi connectivity index (χ1n) is 6.27. The number of nitrogens with zero attached hydrogens (tertiary/aromatic N) is 1. The molecule has 0 saturated carbocycles. The lowest BCUT2D eigenvalue weighted by Gasteiger charge is -2.27. The highest BCUT2D eigenvalue weighted by molar-refractivity contribution is 9.11. The maximum atomic E-state index is 12.7. The third-order valence-electron chi connectivity index (χ3n) is 3.21. The van der Waals surface area contributed by atoms with Gasteiger partial charge in [-0.25, -0.2) is 0 Å². The van der Waals surface area contributed by atoms with Gasteiger partial charge in [0.2, 0.25) is 0 Å². The lowest BCUT2D eigenvalue weighted by Crippen LogP contribution is -2.42. The fourth-order valence-electron chi connectivity index (χ4n) is 2.11. The number of carbonyl (C=O) groups excluding carboxylic acids is 1. The summed E-state index contributed by atoms with van der Waals surface area (Å²) in [7, 11) is 1.68. The second kappa shape index (κ2) is 7.11. The van der Waals surface area contributed by atoms with Crippen LogP contribution in [0.2, 0.25) is 0 Å². The van der Waals surface area contributed by atoms with Gasteiger partial charge in [0.15, 0.2) is 0 Å². The van der Waals surface area contributed by atoms with Gasteiger partial charge in [0.05, 0.1) is 15.3 Å². The normalized spacial score (nSPS) is 18.8. The van der Waals surface area contributed by atoms with E-state index in [0.717, 1.165) is 32.2 Å². The Morgan fingerprint density at radius 2 is 2.42 bits per heavy atom. The number of ether oxygens (including phenoxy) is 1. The molecule has 1 aromatic rings. The summed E-state index contributed by atoms with van der Waals surface area (Å²) in [6, 6.07) is 2.33. The molecule has 0 aliphatic carbocycles. The van der Waals surface area contributed by atoms with Crippen molar-refractivity contribution in [1.29, 1.82) is 0 Å². The minimum Gasteiger partial charge on any atom is -0.383 e. The van der Waals surface area contributed by atoms with E-state index in [4.69, 9.17) is 4.74 Å². The van der Waals surface area contributed by atoms with Crippen LogP contribution in [0.4, 0.5) is 0 Å². The van der Waals surface area contributed by atoms with Gasteiger partial charge in [-0.05, 0) is 46.7 Å². The van der Waals surface area contributed by atoms with Gasteiger partial charge in [-0.15, -0.1) is 11.3 Å². The lowest BCUT2D eigenvalue weighted by atomic mass is 10.2. The standard InChI is InChI=1S/C13H18BrNO2S2/c1-9-7-11(19-12(9)14)13(16)15(4-5-17-2)10-3-6-18-8-10/h7,10H,3-6,8H2,1-2H3. The number of aryl methyl sites for hydroxylation is 1. The van der Waals surface area contributed by atoms with Crippen LogP contribution in [-0.2, 0) is 4.74 Å². The Hall–Kier alpha value is -0.0400. The third kappa shape index (κ3) is 3.74. The Balaban J connectivity index is 2.14. The molecule has 0 aromatic carbocycles. The largest absolute Gasteiger partial charge is 0.383 e. The Morgan fingerprint density at radius 3 is 2.95 bits per heavy atom. The zero-order valence-corrected chi connectivity index (χ0v) is 14.4. The molecule has 3 nitrogen and oxygen atoms in total. The summed E-state index contributed by atoms with van der Waals surface area (Å²) < 4.78 is 6.19. The van der Waals surface area contributed by atoms with Crippen molar-refractivity contribution in [2.75, 3.05) is 31.8 Å². The molecule has 0 spiro atoms. The number of hydrogen-bond donors (Lipinski definition) is 0. The smallest absolute Gasteiger partial charge is 0.264 e. The van der Waals surface area contributed by atoms with E-state index in [9.17, 15) is 4.79 Å². The van der Waals surface area contributed by atoms with Crippen LogP contribution in [0.15, 0.2) is 9.85 Å². The van der Waals surface area contributed by atoms with Gasteiger partial charge in [-0.2, -0.15) is 11.8 Å². The molecular weight excluding hydrogens is 346 g/mol. The van der Waals surface area contributed by atoms with E-state index < -0.39 is 0 Å². The molecule has 6 heteroatoms. The molecule has 1 atom stereocenters. The van der Waals surface area contributed by atoms with Gasteiger partial charge in [0.25, 0.3) is 5.91 Å². The van der Waals surface area contributed by atoms with Crippen molar-refractivity contribution in [3.05, 3.63) is 20.3 Å². The van der Waals surface area contributed by atoms with Gasteiger partial charge >= 0.3 is 0 Å². The molecule has 1 unspecified atom stereocenters. The molecule has 1 aliphatic rings. The SMILES string of the molecule is COCCN(C(=O)c1cc(C)c(Br)s1)C1CCSC1. The summed E-state index contributed by atoms with van der Waals surface area (Å²) in [4.78, 5) is 15.5. The predicted octanol–water partition coefficient (Wildman–Crippen LogP) is 3.41. The minimum atomic E-state index is 0.142. The van der Waals surface area contributed by atoms with E-state index in [1.165, 1.54) is 11.3 Å². The molecular formula is C13H18BrNO2S2. The number of hydrogen-bond acceptors (Lipinski definition) is 4. The van der Waals surface area contributed by atoms with Crippen molar-refractivity contribution in [3.8, 4) is 0 Å². The van der Waals surface area contributed by atoms with Crippen molar-refractivity contribution in [2.45, 2.75) is 19.4 Å². The Kier molecular flexibility index (Phi) is 5.74. The van der Waals surface area contributed by atoms with Crippen LogP contribution in [0, 0.1) is 6.92 Å². The summed E-state index contributed by atoms with van der Waals surface area (Å²) in [5.74, 6) is 2.33. The van der Waals surface area contributed by atoms with Crippen molar-refractivity contribution in [2.24, 2.45) is 0 Å². The maximum absolute atomic E-state index is 12.7. The zero-order valence-electron chi connectivity index (χ0n) is 11.1. The average Bonchev–Trinajstić information content (AvgIpc) is 3.01. The average molecular weight is 364 g/mol. The first-order chi connectivity index (χ1) is 9.13. The Labute approximate surface area is 130 Å². The summed E-state index contributed by atoms with van der Waals surface area (Å²) in [6.45, 7) is 3.29. The van der Waals surface area contributed by atoms with Crippen LogP contribution in [-0.4, -0.2) is 48.6 Å². The van der Waals surface area contributed by atoms with Gasteiger partial charge in [-0.3, -0.25) is 4.79 Å². The van der Waals surface area contributed by atoms with Crippen LogP contribution >= 0.6 is 39.0 Å². The van der Waals surface area contributed by atoms with Crippen molar-refractivity contribution in [1.82, 2.24) is 4.90 Å². The Morgan fingerprint density at radius 1 is 1.63 bits per heavy atom. The van der Waals surface area contributed by atoms with Crippen LogP contribution in [0.3, 0.4) is 0 Å². The second-order valence-corrected chi connectivity index (χ2v) is 8.10. The van der Waals surface area contributed by atoms with E-state index >= 15 is 0 Å². The van der Waals surface area contributed by atoms with Gasteiger partial charge in [0.1, 0.15) is 0 Å². The van der Waals surface area contributed by atoms with E-state index in [1.807, 2.05) is 29.7 Å². The highest BCUT2D eigenvalue weighted by atomic mass is 79.9. The molecule has 106 valence electrons. The highest BCUT2D eigenvalue weighted by Crippen LogP contribution is 2.30. The quantitative estimate of drug-likeness (QED) is 0.802. The zero-order chi connectivity index (χ0) is 13.8. The number of thiophene rings is 1. The minimum absolute atomic E-state index is 0.142. The van der Waals surface area contributed by atoms with Crippen LogP contribution in [0.5, 0.6) is 0 Å².